The number of ether oxygens (including phenoxy) is 1. The van der Waals surface area contributed by atoms with Gasteiger partial charge in [-0.1, -0.05) is 23.5 Å². The van der Waals surface area contributed by atoms with Gasteiger partial charge in [0, 0.05) is 31.1 Å². The lowest BCUT2D eigenvalue weighted by molar-refractivity contribution is -0.130. The molecule has 2 heterocycles. The van der Waals surface area contributed by atoms with E-state index in [-0.39, 0.29) is 5.91 Å². The third-order valence-electron chi connectivity index (χ3n) is 5.00. The molecule has 28 heavy (non-hydrogen) atoms. The number of hydrogen-bond acceptors (Lipinski definition) is 6. The molecule has 1 amide bonds. The molecule has 0 bridgehead atoms. The van der Waals surface area contributed by atoms with Gasteiger partial charge in [-0.05, 0) is 42.2 Å². The van der Waals surface area contributed by atoms with Crippen LogP contribution >= 0.6 is 23.1 Å². The average molecular weight is 414 g/mol. The van der Waals surface area contributed by atoms with Crippen molar-refractivity contribution < 1.29 is 9.53 Å². The molecule has 3 aromatic rings. The molecule has 1 aliphatic heterocycles. The monoisotopic (exact) mass is 413 g/mol. The zero-order chi connectivity index (χ0) is 19.5. The zero-order valence-corrected chi connectivity index (χ0v) is 17.7. The fourth-order valence-corrected chi connectivity index (χ4v) is 4.90. The summed E-state index contributed by atoms with van der Waals surface area (Å²) in [5.41, 5.74) is 2.07. The molecule has 0 N–H and O–H groups in total. The minimum absolute atomic E-state index is 0.179. The summed E-state index contributed by atoms with van der Waals surface area (Å²) in [6.45, 7) is 3.12. The quantitative estimate of drug-likeness (QED) is 0.594. The molecule has 4 rings (SSSR count). The maximum atomic E-state index is 12.6. The molecule has 0 saturated carbocycles. The maximum absolute atomic E-state index is 12.6. The predicted octanol–water partition coefficient (Wildman–Crippen LogP) is 3.92. The van der Waals surface area contributed by atoms with E-state index in [0.717, 1.165) is 48.1 Å². The minimum Gasteiger partial charge on any atom is -0.497 e. The first kappa shape index (κ1) is 19.1. The first-order valence-electron chi connectivity index (χ1n) is 9.26. The van der Waals surface area contributed by atoms with Gasteiger partial charge in [0.05, 0.1) is 23.7 Å². The van der Waals surface area contributed by atoms with Crippen LogP contribution in [0.3, 0.4) is 0 Å². The largest absolute Gasteiger partial charge is 0.497 e. The highest BCUT2D eigenvalue weighted by atomic mass is 32.2. The number of carbonyl (C=O) groups excluding carboxylic acids is 1. The van der Waals surface area contributed by atoms with Gasteiger partial charge in [-0.15, -0.1) is 11.8 Å². The van der Waals surface area contributed by atoms with E-state index in [4.69, 9.17) is 9.72 Å². The molecule has 0 aliphatic carbocycles. The number of nitrogens with zero attached hydrogens (tertiary/aromatic N) is 3. The van der Waals surface area contributed by atoms with Gasteiger partial charge in [-0.2, -0.15) is 0 Å². The molecule has 1 fully saturated rings. The van der Waals surface area contributed by atoms with Gasteiger partial charge in [-0.25, -0.2) is 4.98 Å². The Bertz CT molecular complexity index is 963. The van der Waals surface area contributed by atoms with Crippen LogP contribution in [-0.2, 0) is 11.2 Å². The SMILES string of the molecule is COc1ccc(CC(=O)N2CCN(c3nc4ccc(SC)cc4s3)CC2)cc1. The number of thiazole rings is 1. The molecule has 1 aromatic heterocycles. The molecule has 1 aliphatic rings. The summed E-state index contributed by atoms with van der Waals surface area (Å²) in [6, 6.07) is 14.1. The van der Waals surface area contributed by atoms with Crippen molar-refractivity contribution in [2.75, 3.05) is 44.4 Å². The molecule has 1 saturated heterocycles. The number of carbonyl (C=O) groups is 1. The summed E-state index contributed by atoms with van der Waals surface area (Å²) >= 11 is 3.48. The lowest BCUT2D eigenvalue weighted by Crippen LogP contribution is -2.49. The maximum Gasteiger partial charge on any atom is 0.227 e. The number of anilines is 1. The number of fused-ring (bicyclic) bond motifs is 1. The number of thioether (sulfide) groups is 1. The topological polar surface area (TPSA) is 45.7 Å². The number of amides is 1. The van der Waals surface area contributed by atoms with Crippen LogP contribution < -0.4 is 9.64 Å². The van der Waals surface area contributed by atoms with Crippen LogP contribution in [0.15, 0.2) is 47.4 Å². The van der Waals surface area contributed by atoms with Crippen molar-refractivity contribution >= 4 is 44.4 Å². The number of methoxy groups -OCH3 is 1. The standard InChI is InChI=1S/C21H23N3O2S2/c1-26-16-5-3-15(4-6-16)13-20(25)23-9-11-24(12-10-23)21-22-18-8-7-17(27-2)14-19(18)28-21/h3-8,14H,9-13H2,1-2H3. The molecule has 7 heteroatoms. The van der Waals surface area contributed by atoms with Crippen molar-refractivity contribution in [2.45, 2.75) is 11.3 Å². The highest BCUT2D eigenvalue weighted by Crippen LogP contribution is 2.32. The Morgan fingerprint density at radius 3 is 2.57 bits per heavy atom. The fourth-order valence-electron chi connectivity index (χ4n) is 3.33. The van der Waals surface area contributed by atoms with Gasteiger partial charge < -0.3 is 14.5 Å². The van der Waals surface area contributed by atoms with E-state index in [9.17, 15) is 4.79 Å². The number of hydrogen-bond donors (Lipinski definition) is 0. The third-order valence-corrected chi connectivity index (χ3v) is 6.81. The Labute approximate surface area is 173 Å². The smallest absolute Gasteiger partial charge is 0.227 e. The van der Waals surface area contributed by atoms with Crippen molar-refractivity contribution in [3.8, 4) is 5.75 Å². The first-order valence-corrected chi connectivity index (χ1v) is 11.3. The van der Waals surface area contributed by atoms with Crippen LogP contribution in [0.5, 0.6) is 5.75 Å². The molecule has 5 nitrogen and oxygen atoms in total. The molecule has 0 unspecified atom stereocenters. The summed E-state index contributed by atoms with van der Waals surface area (Å²) in [6.07, 6.45) is 2.52. The van der Waals surface area contributed by atoms with Crippen LogP contribution in [0.1, 0.15) is 5.56 Å². The number of aromatic nitrogens is 1. The van der Waals surface area contributed by atoms with Crippen molar-refractivity contribution in [2.24, 2.45) is 0 Å². The molecule has 146 valence electrons. The van der Waals surface area contributed by atoms with E-state index in [1.807, 2.05) is 29.2 Å². The van der Waals surface area contributed by atoms with E-state index in [1.54, 1.807) is 30.2 Å². The number of piperazine rings is 1. The normalized spacial score (nSPS) is 14.5. The number of benzene rings is 2. The number of rotatable bonds is 5. The molecular formula is C21H23N3O2S2. The van der Waals surface area contributed by atoms with E-state index in [1.165, 1.54) is 9.60 Å². The van der Waals surface area contributed by atoms with Crippen molar-refractivity contribution in [1.82, 2.24) is 9.88 Å². The minimum atomic E-state index is 0.179. The van der Waals surface area contributed by atoms with Crippen molar-refractivity contribution in [1.29, 1.82) is 0 Å². The van der Waals surface area contributed by atoms with Crippen LogP contribution in [0.2, 0.25) is 0 Å². The summed E-state index contributed by atoms with van der Waals surface area (Å²) < 4.78 is 6.39. The summed E-state index contributed by atoms with van der Waals surface area (Å²) in [5, 5.41) is 1.05. The van der Waals surface area contributed by atoms with Crippen LogP contribution in [0.4, 0.5) is 5.13 Å². The second kappa shape index (κ2) is 8.41. The summed E-state index contributed by atoms with van der Waals surface area (Å²) in [5.74, 6) is 0.990. The van der Waals surface area contributed by atoms with Crippen LogP contribution in [0, 0.1) is 0 Å². The Hall–Kier alpha value is -2.25. The third kappa shape index (κ3) is 4.10. The van der Waals surface area contributed by atoms with Crippen molar-refractivity contribution in [3.63, 3.8) is 0 Å². The van der Waals surface area contributed by atoms with Gasteiger partial charge in [0.15, 0.2) is 5.13 Å². The molecule has 0 atom stereocenters. The lowest BCUT2D eigenvalue weighted by Gasteiger charge is -2.34. The van der Waals surface area contributed by atoms with Crippen molar-refractivity contribution in [3.05, 3.63) is 48.0 Å². The molecule has 0 spiro atoms. The van der Waals surface area contributed by atoms with E-state index >= 15 is 0 Å². The molecular weight excluding hydrogens is 390 g/mol. The van der Waals surface area contributed by atoms with E-state index in [2.05, 4.69) is 29.4 Å². The van der Waals surface area contributed by atoms with Gasteiger partial charge in [0.25, 0.3) is 0 Å². The molecule has 2 aromatic carbocycles. The molecule has 0 radical (unpaired) electrons. The van der Waals surface area contributed by atoms with Gasteiger partial charge >= 0.3 is 0 Å². The average Bonchev–Trinajstić information content (AvgIpc) is 3.17. The van der Waals surface area contributed by atoms with E-state index in [0.29, 0.717) is 6.42 Å². The van der Waals surface area contributed by atoms with Gasteiger partial charge in [0.1, 0.15) is 5.75 Å². The highest BCUT2D eigenvalue weighted by molar-refractivity contribution is 7.98. The fraction of sp³-hybridized carbons (Fsp3) is 0.333. The van der Waals surface area contributed by atoms with E-state index < -0.39 is 0 Å². The Morgan fingerprint density at radius 2 is 1.89 bits per heavy atom. The summed E-state index contributed by atoms with van der Waals surface area (Å²) in [4.78, 5) is 22.9. The van der Waals surface area contributed by atoms with Gasteiger partial charge in [-0.3, -0.25) is 4.79 Å². The highest BCUT2D eigenvalue weighted by Gasteiger charge is 2.23. The predicted molar refractivity (Wildman–Crippen MR) is 117 cm³/mol. The second-order valence-corrected chi connectivity index (χ2v) is 8.61. The van der Waals surface area contributed by atoms with Gasteiger partial charge in [0.2, 0.25) is 5.91 Å². The van der Waals surface area contributed by atoms with Crippen LogP contribution in [-0.4, -0.2) is 55.3 Å². The Kier molecular flexibility index (Phi) is 5.73. The Balaban J connectivity index is 1.36. The first-order chi connectivity index (χ1) is 13.7. The van der Waals surface area contributed by atoms with Crippen LogP contribution in [0.25, 0.3) is 10.2 Å². The zero-order valence-electron chi connectivity index (χ0n) is 16.1. The lowest BCUT2D eigenvalue weighted by atomic mass is 10.1. The summed E-state index contributed by atoms with van der Waals surface area (Å²) in [7, 11) is 1.65. The Morgan fingerprint density at radius 1 is 1.14 bits per heavy atom. The second-order valence-electron chi connectivity index (χ2n) is 6.72.